The predicted molar refractivity (Wildman–Crippen MR) is 65.8 cm³/mol. The zero-order chi connectivity index (χ0) is 13.7. The molecule has 0 aliphatic carbocycles. The Morgan fingerprint density at radius 2 is 1.29 bits per heavy atom. The van der Waals surface area contributed by atoms with Crippen molar-refractivity contribution in [2.24, 2.45) is 5.73 Å². The number of aliphatic hydroxyl groups excluding tert-OH is 3. The summed E-state index contributed by atoms with van der Waals surface area (Å²) in [7, 11) is 14.8. The van der Waals surface area contributed by atoms with E-state index < -0.39 is 36.7 Å². The van der Waals surface area contributed by atoms with Gasteiger partial charge in [-0.3, -0.25) is 0 Å². The fourth-order valence-corrected chi connectivity index (χ4v) is 0.660. The van der Waals surface area contributed by atoms with Crippen molar-refractivity contribution in [1.29, 1.82) is 0 Å². The van der Waals surface area contributed by atoms with Crippen LogP contribution in [0.15, 0.2) is 0 Å². The zero-order valence-electron chi connectivity index (χ0n) is 9.32. The van der Waals surface area contributed by atoms with E-state index in [1.165, 1.54) is 12.8 Å². The van der Waals surface area contributed by atoms with E-state index in [9.17, 15) is 0 Å². The van der Waals surface area contributed by atoms with Crippen molar-refractivity contribution < 1.29 is 31.4 Å². The van der Waals surface area contributed by atoms with E-state index >= 15 is 0 Å². The molecule has 107 valence electrons. The minimum atomic E-state index is -1.62. The van der Waals surface area contributed by atoms with Crippen molar-refractivity contribution in [3.05, 3.63) is 0 Å². The summed E-state index contributed by atoms with van der Waals surface area (Å²) in [4.78, 5) is 0. The number of rotatable bonds is 3. The third-order valence-electron chi connectivity index (χ3n) is 1.77. The number of hydrogen-bond acceptors (Lipinski definition) is 5. The van der Waals surface area contributed by atoms with Crippen LogP contribution in [0.5, 0.6) is 0 Å². The number of hydrogen-bond donors (Lipinski definition) is 4. The summed E-state index contributed by atoms with van der Waals surface area (Å²) in [6.07, 6.45) is 2.56. The van der Waals surface area contributed by atoms with Crippen molar-refractivity contribution in [1.82, 2.24) is 0 Å². The van der Waals surface area contributed by atoms with Gasteiger partial charge in [-0.05, 0) is 12.8 Å². The molecular weight excluding hydrogens is 332 g/mol. The van der Waals surface area contributed by atoms with E-state index in [-0.39, 0.29) is 0 Å². The zero-order valence-corrected chi connectivity index (χ0v) is 12.9. The second-order valence-electron chi connectivity index (χ2n) is 3.33. The van der Waals surface area contributed by atoms with Crippen molar-refractivity contribution >= 4 is 30.1 Å². The quantitative estimate of drug-likeness (QED) is 0.595. The molecule has 5 nitrogen and oxygen atoms in total. The van der Waals surface area contributed by atoms with E-state index in [1.54, 1.807) is 0 Å². The summed E-state index contributed by atoms with van der Waals surface area (Å²) in [6, 6.07) is 0. The van der Waals surface area contributed by atoms with Gasteiger partial charge in [0, 0.05) is 13.2 Å². The van der Waals surface area contributed by atoms with E-state index in [0.717, 1.165) is 13.2 Å². The molecule has 0 amide bonds. The standard InChI is InChI=1S/C4H11NO3.C4H8O.3ClH.Cr/c5-4(1-6,2-7)3-8;1-2-4-5-3-1;;;;/h6-8H,1-3,5H2;1-4H2;3*1H;/q;;;;;+3/p-3. The minimum absolute atomic E-state index is 0.403. The molecule has 0 aromatic rings. The third-order valence-corrected chi connectivity index (χ3v) is 1.77. The number of nitrogens with two attached hydrogens (primary N) is 1. The predicted octanol–water partition coefficient (Wildman–Crippen LogP) is 0.524. The van der Waals surface area contributed by atoms with Crippen LogP contribution in [0.3, 0.4) is 0 Å². The first-order chi connectivity index (χ1) is 7.91. The molecule has 0 spiro atoms. The first kappa shape index (κ1) is 20.5. The molecule has 1 aliphatic rings. The van der Waals surface area contributed by atoms with Crippen LogP contribution in [-0.2, 0) is 16.1 Å². The fraction of sp³-hybridized carbons (Fsp3) is 1.00. The summed E-state index contributed by atoms with van der Waals surface area (Å²) in [5, 5.41) is 25.0. The van der Waals surface area contributed by atoms with Crippen LogP contribution in [-0.4, -0.2) is 53.9 Å². The second-order valence-corrected chi connectivity index (χ2v) is 9.65. The van der Waals surface area contributed by atoms with Crippen LogP contribution in [0.4, 0.5) is 0 Å². The van der Waals surface area contributed by atoms with Gasteiger partial charge in [0.2, 0.25) is 0 Å². The molecule has 0 radical (unpaired) electrons. The topological polar surface area (TPSA) is 95.9 Å². The molecule has 0 aromatic carbocycles. The molecule has 1 heterocycles. The van der Waals surface area contributed by atoms with Gasteiger partial charge in [0.05, 0.1) is 25.4 Å². The van der Waals surface area contributed by atoms with Gasteiger partial charge in [0.1, 0.15) is 0 Å². The molecule has 1 rings (SSSR count). The van der Waals surface area contributed by atoms with E-state index in [2.05, 4.69) is 0 Å². The summed E-state index contributed by atoms with van der Waals surface area (Å²) >= 11 is -1.62. The molecule has 1 aliphatic heterocycles. The fourth-order valence-electron chi connectivity index (χ4n) is 0.660. The van der Waals surface area contributed by atoms with E-state index in [1.807, 2.05) is 0 Å². The molecule has 1 saturated heterocycles. The molecule has 5 N–H and O–H groups in total. The number of ether oxygens (including phenoxy) is 1. The molecule has 0 atom stereocenters. The van der Waals surface area contributed by atoms with Crippen LogP contribution in [0.25, 0.3) is 0 Å². The Hall–Kier alpha value is 1.20. The molecule has 9 heteroatoms. The average Bonchev–Trinajstić information content (AvgIpc) is 2.86. The van der Waals surface area contributed by atoms with E-state index in [4.69, 9.17) is 55.9 Å². The molecule has 0 unspecified atom stereocenters. The Morgan fingerprint density at radius 1 is 1.00 bits per heavy atom. The van der Waals surface area contributed by atoms with E-state index in [0.29, 0.717) is 0 Å². The van der Waals surface area contributed by atoms with Gasteiger partial charge in [-0.2, -0.15) is 0 Å². The molecule has 0 saturated carbocycles. The number of halogens is 3. The molecule has 1 fully saturated rings. The Bertz CT molecular complexity index is 141. The van der Waals surface area contributed by atoms with Crippen LogP contribution >= 0.6 is 30.1 Å². The normalized spacial score (nSPS) is 14.8. The molecular formula is C8H19Cl3CrNO4. The summed E-state index contributed by atoms with van der Waals surface area (Å²) in [5.74, 6) is 0. The second kappa shape index (κ2) is 13.6. The van der Waals surface area contributed by atoms with Crippen LogP contribution in [0, 0.1) is 0 Å². The molecule has 0 bridgehead atoms. The van der Waals surface area contributed by atoms with Crippen molar-refractivity contribution in [3.63, 3.8) is 0 Å². The molecule has 17 heavy (non-hydrogen) atoms. The first-order valence-corrected chi connectivity index (χ1v) is 10.1. The van der Waals surface area contributed by atoms with Gasteiger partial charge in [0.15, 0.2) is 0 Å². The van der Waals surface area contributed by atoms with Gasteiger partial charge in [-0.15, -0.1) is 0 Å². The van der Waals surface area contributed by atoms with Gasteiger partial charge in [-0.25, -0.2) is 0 Å². The summed E-state index contributed by atoms with van der Waals surface area (Å²) < 4.78 is 4.94. The van der Waals surface area contributed by atoms with Crippen LogP contribution in [0.2, 0.25) is 0 Å². The summed E-state index contributed by atoms with van der Waals surface area (Å²) in [5.41, 5.74) is 3.94. The van der Waals surface area contributed by atoms with Crippen LogP contribution in [0.1, 0.15) is 12.8 Å². The van der Waals surface area contributed by atoms with Gasteiger partial charge < -0.3 is 25.8 Å². The van der Waals surface area contributed by atoms with Crippen molar-refractivity contribution in [2.75, 3.05) is 33.0 Å². The SMILES string of the molecule is C1CCOC1.NC(CO)(CO)CO.[Cl][Cr]([Cl])[Cl]. The third kappa shape index (κ3) is 17.2. The van der Waals surface area contributed by atoms with Gasteiger partial charge >= 0.3 is 41.5 Å². The maximum absolute atomic E-state index is 8.34. The van der Waals surface area contributed by atoms with Crippen LogP contribution < -0.4 is 5.73 Å². The Morgan fingerprint density at radius 3 is 1.35 bits per heavy atom. The van der Waals surface area contributed by atoms with Gasteiger partial charge in [-0.1, -0.05) is 0 Å². The van der Waals surface area contributed by atoms with Crippen molar-refractivity contribution in [2.45, 2.75) is 18.4 Å². The Kier molecular flexibility index (Phi) is 16.5. The Balaban J connectivity index is 0. The average molecular weight is 352 g/mol. The van der Waals surface area contributed by atoms with Gasteiger partial charge in [0.25, 0.3) is 0 Å². The monoisotopic (exact) mass is 350 g/mol. The summed E-state index contributed by atoms with van der Waals surface area (Å²) in [6.45, 7) is 0.792. The Labute approximate surface area is 118 Å². The number of aliphatic hydroxyl groups is 3. The van der Waals surface area contributed by atoms with Crippen molar-refractivity contribution in [3.8, 4) is 0 Å². The maximum atomic E-state index is 8.34. The molecule has 0 aromatic heterocycles. The first-order valence-electron chi connectivity index (χ1n) is 4.84.